The van der Waals surface area contributed by atoms with Gasteiger partial charge in [0, 0.05) is 20.2 Å². The predicted molar refractivity (Wildman–Crippen MR) is 69.4 cm³/mol. The van der Waals surface area contributed by atoms with Crippen LogP contribution in [0.4, 0.5) is 0 Å². The molecule has 0 spiro atoms. The second kappa shape index (κ2) is 6.84. The fourth-order valence-corrected chi connectivity index (χ4v) is 1.55. The molecule has 1 aromatic heterocycles. The molecule has 0 aliphatic rings. The van der Waals surface area contributed by atoms with Crippen molar-refractivity contribution in [2.75, 3.05) is 26.8 Å². The van der Waals surface area contributed by atoms with Crippen LogP contribution >= 0.6 is 0 Å². The van der Waals surface area contributed by atoms with Crippen LogP contribution in [0, 0.1) is 6.92 Å². The first kappa shape index (κ1) is 15.1. The van der Waals surface area contributed by atoms with E-state index in [1.54, 1.807) is 14.0 Å². The van der Waals surface area contributed by atoms with E-state index in [-0.39, 0.29) is 17.2 Å². The van der Waals surface area contributed by atoms with Crippen molar-refractivity contribution in [3.8, 4) is 0 Å². The van der Waals surface area contributed by atoms with Gasteiger partial charge >= 0.3 is 5.97 Å². The van der Waals surface area contributed by atoms with Crippen LogP contribution in [0.2, 0.25) is 0 Å². The van der Waals surface area contributed by atoms with Crippen LogP contribution in [0.1, 0.15) is 33.5 Å². The van der Waals surface area contributed by atoms with Gasteiger partial charge in [-0.3, -0.25) is 4.79 Å². The molecule has 19 heavy (non-hydrogen) atoms. The number of aromatic carboxylic acids is 1. The van der Waals surface area contributed by atoms with Gasteiger partial charge in [-0.05, 0) is 26.0 Å². The van der Waals surface area contributed by atoms with Crippen molar-refractivity contribution in [2.24, 2.45) is 0 Å². The maximum Gasteiger partial charge on any atom is 0.337 e. The molecule has 0 fully saturated rings. The first-order valence-electron chi connectivity index (χ1n) is 6.01. The standard InChI is InChI=1S/C13H18N2O4/c1-4-19-8-7-15(3)12(16)11-6-5-10(13(17)18)9(2)14-11/h5-6H,4,7-8H2,1-3H3,(H,17,18). The van der Waals surface area contributed by atoms with E-state index in [1.807, 2.05) is 6.92 Å². The monoisotopic (exact) mass is 266 g/mol. The molecule has 6 nitrogen and oxygen atoms in total. The van der Waals surface area contributed by atoms with E-state index >= 15 is 0 Å². The van der Waals surface area contributed by atoms with Gasteiger partial charge in [0.05, 0.1) is 17.9 Å². The van der Waals surface area contributed by atoms with Crippen molar-refractivity contribution in [1.29, 1.82) is 0 Å². The number of aryl methyl sites for hydroxylation is 1. The molecule has 1 N–H and O–H groups in total. The SMILES string of the molecule is CCOCCN(C)C(=O)c1ccc(C(=O)O)c(C)n1. The average molecular weight is 266 g/mol. The summed E-state index contributed by atoms with van der Waals surface area (Å²) in [4.78, 5) is 28.4. The van der Waals surface area contributed by atoms with Crippen LogP contribution in [-0.4, -0.2) is 53.7 Å². The van der Waals surface area contributed by atoms with Gasteiger partial charge in [-0.1, -0.05) is 0 Å². The van der Waals surface area contributed by atoms with Crippen LogP contribution in [0.5, 0.6) is 0 Å². The van der Waals surface area contributed by atoms with Crippen molar-refractivity contribution in [2.45, 2.75) is 13.8 Å². The quantitative estimate of drug-likeness (QED) is 0.782. The Hall–Kier alpha value is -1.95. The molecule has 0 aromatic carbocycles. The Labute approximate surface area is 112 Å². The minimum atomic E-state index is -1.05. The molecular formula is C13H18N2O4. The Morgan fingerprint density at radius 1 is 1.42 bits per heavy atom. The third-order valence-corrected chi connectivity index (χ3v) is 2.66. The van der Waals surface area contributed by atoms with E-state index in [0.717, 1.165) is 0 Å². The Morgan fingerprint density at radius 2 is 2.11 bits per heavy atom. The van der Waals surface area contributed by atoms with E-state index < -0.39 is 5.97 Å². The molecule has 0 bridgehead atoms. The zero-order chi connectivity index (χ0) is 14.4. The first-order valence-corrected chi connectivity index (χ1v) is 6.01. The maximum absolute atomic E-state index is 12.0. The zero-order valence-electron chi connectivity index (χ0n) is 11.3. The smallest absolute Gasteiger partial charge is 0.337 e. The Morgan fingerprint density at radius 3 is 2.63 bits per heavy atom. The van der Waals surface area contributed by atoms with Crippen LogP contribution in [0.15, 0.2) is 12.1 Å². The van der Waals surface area contributed by atoms with Gasteiger partial charge < -0.3 is 14.7 Å². The molecule has 104 valence electrons. The molecule has 0 saturated heterocycles. The lowest BCUT2D eigenvalue weighted by atomic mass is 10.2. The third kappa shape index (κ3) is 4.03. The number of carbonyl (C=O) groups is 2. The molecule has 1 amide bonds. The second-order valence-electron chi connectivity index (χ2n) is 4.06. The number of pyridine rings is 1. The number of rotatable bonds is 6. The summed E-state index contributed by atoms with van der Waals surface area (Å²) in [5.74, 6) is -1.30. The summed E-state index contributed by atoms with van der Waals surface area (Å²) in [5, 5.41) is 8.90. The second-order valence-corrected chi connectivity index (χ2v) is 4.06. The average Bonchev–Trinajstić information content (AvgIpc) is 2.37. The molecule has 0 aliphatic heterocycles. The normalized spacial score (nSPS) is 10.3. The molecule has 0 saturated carbocycles. The molecule has 6 heteroatoms. The van der Waals surface area contributed by atoms with Crippen molar-refractivity contribution >= 4 is 11.9 Å². The van der Waals surface area contributed by atoms with Crippen molar-refractivity contribution in [1.82, 2.24) is 9.88 Å². The number of ether oxygens (including phenoxy) is 1. The topological polar surface area (TPSA) is 79.7 Å². The van der Waals surface area contributed by atoms with Crippen molar-refractivity contribution < 1.29 is 19.4 Å². The van der Waals surface area contributed by atoms with Crippen molar-refractivity contribution in [3.05, 3.63) is 29.1 Å². The number of carboxylic acids is 1. The zero-order valence-corrected chi connectivity index (χ0v) is 11.3. The highest BCUT2D eigenvalue weighted by Crippen LogP contribution is 2.08. The fourth-order valence-electron chi connectivity index (χ4n) is 1.55. The Balaban J connectivity index is 2.77. The number of carboxylic acid groups (broad SMARTS) is 1. The number of amides is 1. The third-order valence-electron chi connectivity index (χ3n) is 2.66. The summed E-state index contributed by atoms with van der Waals surface area (Å²) in [6, 6.07) is 2.82. The van der Waals surface area contributed by atoms with Crippen LogP contribution in [0.3, 0.4) is 0 Å². The highest BCUT2D eigenvalue weighted by atomic mass is 16.5. The van der Waals surface area contributed by atoms with Gasteiger partial charge in [-0.15, -0.1) is 0 Å². The number of aromatic nitrogens is 1. The lowest BCUT2D eigenvalue weighted by Crippen LogP contribution is -2.31. The minimum Gasteiger partial charge on any atom is -0.478 e. The number of hydrogen-bond donors (Lipinski definition) is 1. The molecule has 0 unspecified atom stereocenters. The van der Waals surface area contributed by atoms with Crippen LogP contribution in [0.25, 0.3) is 0 Å². The lowest BCUT2D eigenvalue weighted by Gasteiger charge is -2.16. The molecular weight excluding hydrogens is 248 g/mol. The molecule has 1 aromatic rings. The summed E-state index contributed by atoms with van der Waals surface area (Å²) < 4.78 is 5.17. The number of likely N-dealkylation sites (N-methyl/N-ethyl adjacent to an activating group) is 1. The largest absolute Gasteiger partial charge is 0.478 e. The van der Waals surface area contributed by atoms with Gasteiger partial charge in [-0.25, -0.2) is 9.78 Å². The molecule has 0 atom stereocenters. The number of hydrogen-bond acceptors (Lipinski definition) is 4. The molecule has 1 heterocycles. The van der Waals surface area contributed by atoms with Gasteiger partial charge in [0.2, 0.25) is 0 Å². The first-order chi connectivity index (χ1) is 8.97. The number of carbonyl (C=O) groups excluding carboxylic acids is 1. The Kier molecular flexibility index (Phi) is 5.44. The molecule has 1 rings (SSSR count). The summed E-state index contributed by atoms with van der Waals surface area (Å²) in [6.07, 6.45) is 0. The van der Waals surface area contributed by atoms with E-state index in [9.17, 15) is 9.59 Å². The van der Waals surface area contributed by atoms with E-state index in [1.165, 1.54) is 17.0 Å². The van der Waals surface area contributed by atoms with E-state index in [0.29, 0.717) is 25.5 Å². The van der Waals surface area contributed by atoms with Crippen LogP contribution in [-0.2, 0) is 4.74 Å². The highest BCUT2D eigenvalue weighted by molar-refractivity contribution is 5.94. The number of nitrogens with zero attached hydrogens (tertiary/aromatic N) is 2. The lowest BCUT2D eigenvalue weighted by molar-refractivity contribution is 0.0685. The van der Waals surface area contributed by atoms with Gasteiger partial charge in [-0.2, -0.15) is 0 Å². The van der Waals surface area contributed by atoms with Gasteiger partial charge in [0.25, 0.3) is 5.91 Å². The predicted octanol–water partition coefficient (Wildman–Crippen LogP) is 1.20. The van der Waals surface area contributed by atoms with Gasteiger partial charge in [0.1, 0.15) is 5.69 Å². The van der Waals surface area contributed by atoms with E-state index in [2.05, 4.69) is 4.98 Å². The molecule has 0 aliphatic carbocycles. The summed E-state index contributed by atoms with van der Waals surface area (Å²) in [5.41, 5.74) is 0.673. The highest BCUT2D eigenvalue weighted by Gasteiger charge is 2.16. The summed E-state index contributed by atoms with van der Waals surface area (Å²) >= 11 is 0. The summed E-state index contributed by atoms with van der Waals surface area (Å²) in [6.45, 7) is 4.99. The maximum atomic E-state index is 12.0. The van der Waals surface area contributed by atoms with Crippen molar-refractivity contribution in [3.63, 3.8) is 0 Å². The molecule has 0 radical (unpaired) electrons. The summed E-state index contributed by atoms with van der Waals surface area (Å²) in [7, 11) is 1.66. The van der Waals surface area contributed by atoms with Crippen LogP contribution < -0.4 is 0 Å². The Bertz CT molecular complexity index is 474. The minimum absolute atomic E-state index is 0.105. The fraction of sp³-hybridized carbons (Fsp3) is 0.462. The van der Waals surface area contributed by atoms with Gasteiger partial charge in [0.15, 0.2) is 0 Å². The van der Waals surface area contributed by atoms with E-state index in [4.69, 9.17) is 9.84 Å².